The van der Waals surface area contributed by atoms with Crippen LogP contribution in [0.15, 0.2) is 42.5 Å². The first-order chi connectivity index (χ1) is 11.8. The Morgan fingerprint density at radius 3 is 2.62 bits per heavy atom. The van der Waals surface area contributed by atoms with Gasteiger partial charge in [-0.1, -0.05) is 42.5 Å². The Balaban J connectivity index is 1.38. The highest BCUT2D eigenvalue weighted by Crippen LogP contribution is 2.21. The minimum Gasteiger partial charge on any atom is -0.339 e. The molecule has 0 aliphatic carbocycles. The Morgan fingerprint density at radius 2 is 1.83 bits per heavy atom. The second-order valence-corrected chi connectivity index (χ2v) is 6.89. The second-order valence-electron chi connectivity index (χ2n) is 6.89. The highest BCUT2D eigenvalue weighted by molar-refractivity contribution is 5.85. The third-order valence-corrected chi connectivity index (χ3v) is 5.32. The number of hydrogen-bond acceptors (Lipinski definition) is 3. The van der Waals surface area contributed by atoms with Crippen molar-refractivity contribution in [3.05, 3.63) is 48.0 Å². The average molecular weight is 323 g/mol. The number of amides is 1. The second kappa shape index (κ2) is 6.91. The van der Waals surface area contributed by atoms with Gasteiger partial charge in [0.25, 0.3) is 0 Å². The molecule has 0 aromatic heterocycles. The average Bonchev–Trinajstić information content (AvgIpc) is 3.17. The molecule has 2 aliphatic heterocycles. The molecule has 4 heteroatoms. The molecular formula is C20H25N3O. The van der Waals surface area contributed by atoms with E-state index in [-0.39, 0.29) is 6.04 Å². The number of hydrogen-bond donors (Lipinski definition) is 1. The number of fused-ring (bicyclic) bond motifs is 1. The lowest BCUT2D eigenvalue weighted by molar-refractivity contribution is -0.134. The highest BCUT2D eigenvalue weighted by Gasteiger charge is 2.29. The van der Waals surface area contributed by atoms with Gasteiger partial charge in [0.1, 0.15) is 0 Å². The SMILES string of the molecule is O=C(C1CCCN1)N1CCN(Cc2cccc3ccccc23)CC1. The summed E-state index contributed by atoms with van der Waals surface area (Å²) >= 11 is 0. The summed E-state index contributed by atoms with van der Waals surface area (Å²) in [4.78, 5) is 17.0. The third-order valence-electron chi connectivity index (χ3n) is 5.32. The third kappa shape index (κ3) is 3.17. The first kappa shape index (κ1) is 15.6. The van der Waals surface area contributed by atoms with E-state index < -0.39 is 0 Å². The van der Waals surface area contributed by atoms with Crippen LogP contribution in [-0.4, -0.2) is 54.5 Å². The van der Waals surface area contributed by atoms with Gasteiger partial charge < -0.3 is 10.2 Å². The lowest BCUT2D eigenvalue weighted by atomic mass is 10.0. The lowest BCUT2D eigenvalue weighted by Crippen LogP contribution is -2.52. The molecule has 0 bridgehead atoms. The molecule has 0 spiro atoms. The van der Waals surface area contributed by atoms with Crippen LogP contribution in [-0.2, 0) is 11.3 Å². The van der Waals surface area contributed by atoms with Crippen LogP contribution in [0.25, 0.3) is 10.8 Å². The van der Waals surface area contributed by atoms with Crippen LogP contribution in [0.2, 0.25) is 0 Å². The van der Waals surface area contributed by atoms with E-state index in [1.54, 1.807) is 0 Å². The first-order valence-electron chi connectivity index (χ1n) is 9.02. The fourth-order valence-electron chi connectivity index (χ4n) is 3.91. The number of piperazine rings is 1. The molecule has 2 saturated heterocycles. The molecule has 4 nitrogen and oxygen atoms in total. The minimum atomic E-state index is 0.0645. The zero-order chi connectivity index (χ0) is 16.4. The van der Waals surface area contributed by atoms with Crippen molar-refractivity contribution in [1.29, 1.82) is 0 Å². The van der Waals surface area contributed by atoms with Gasteiger partial charge in [0.05, 0.1) is 6.04 Å². The maximum atomic E-state index is 12.5. The van der Waals surface area contributed by atoms with Crippen LogP contribution in [0.4, 0.5) is 0 Å². The summed E-state index contributed by atoms with van der Waals surface area (Å²) in [6, 6.07) is 15.2. The normalized spacial score (nSPS) is 22.2. The molecule has 1 unspecified atom stereocenters. The van der Waals surface area contributed by atoms with E-state index in [4.69, 9.17) is 0 Å². The number of nitrogens with one attached hydrogen (secondary N) is 1. The number of carbonyl (C=O) groups excluding carboxylic acids is 1. The van der Waals surface area contributed by atoms with Gasteiger partial charge in [-0.15, -0.1) is 0 Å². The molecule has 2 heterocycles. The van der Waals surface area contributed by atoms with Gasteiger partial charge in [0, 0.05) is 32.7 Å². The summed E-state index contributed by atoms with van der Waals surface area (Å²) in [5.41, 5.74) is 1.38. The fourth-order valence-corrected chi connectivity index (χ4v) is 3.91. The van der Waals surface area contributed by atoms with Crippen LogP contribution in [0.5, 0.6) is 0 Å². The van der Waals surface area contributed by atoms with Gasteiger partial charge in [-0.25, -0.2) is 0 Å². The van der Waals surface area contributed by atoms with Crippen molar-refractivity contribution in [2.45, 2.75) is 25.4 Å². The fraction of sp³-hybridized carbons (Fsp3) is 0.450. The van der Waals surface area contributed by atoms with Gasteiger partial charge in [-0.2, -0.15) is 0 Å². The van der Waals surface area contributed by atoms with Crippen molar-refractivity contribution >= 4 is 16.7 Å². The van der Waals surface area contributed by atoms with E-state index in [1.165, 1.54) is 16.3 Å². The van der Waals surface area contributed by atoms with Gasteiger partial charge in [-0.3, -0.25) is 9.69 Å². The predicted octanol–water partition coefficient (Wildman–Crippen LogP) is 2.24. The van der Waals surface area contributed by atoms with Crippen molar-refractivity contribution < 1.29 is 4.79 Å². The molecule has 2 aliphatic rings. The number of rotatable bonds is 3. The quantitative estimate of drug-likeness (QED) is 0.941. The van der Waals surface area contributed by atoms with Crippen molar-refractivity contribution in [2.75, 3.05) is 32.7 Å². The Hall–Kier alpha value is -1.91. The van der Waals surface area contributed by atoms with E-state index in [0.717, 1.165) is 52.1 Å². The standard InChI is InChI=1S/C20H25N3O/c24-20(19-9-4-10-21-19)23-13-11-22(12-14-23)15-17-7-3-6-16-5-1-2-8-18(16)17/h1-3,5-8,19,21H,4,9-15H2. The highest BCUT2D eigenvalue weighted by atomic mass is 16.2. The maximum absolute atomic E-state index is 12.5. The molecule has 126 valence electrons. The van der Waals surface area contributed by atoms with Gasteiger partial charge in [-0.05, 0) is 35.7 Å². The lowest BCUT2D eigenvalue weighted by Gasteiger charge is -2.36. The van der Waals surface area contributed by atoms with E-state index in [0.29, 0.717) is 5.91 Å². The Labute approximate surface area is 143 Å². The first-order valence-corrected chi connectivity index (χ1v) is 9.02. The molecule has 0 saturated carbocycles. The molecule has 2 aromatic rings. The summed E-state index contributed by atoms with van der Waals surface area (Å²) < 4.78 is 0. The zero-order valence-electron chi connectivity index (χ0n) is 14.1. The number of carbonyl (C=O) groups is 1. The van der Waals surface area contributed by atoms with E-state index in [2.05, 4.69) is 52.7 Å². The van der Waals surface area contributed by atoms with Gasteiger partial charge >= 0.3 is 0 Å². The predicted molar refractivity (Wildman–Crippen MR) is 96.8 cm³/mol. The van der Waals surface area contributed by atoms with Crippen LogP contribution >= 0.6 is 0 Å². The largest absolute Gasteiger partial charge is 0.339 e. The molecular weight excluding hydrogens is 298 g/mol. The van der Waals surface area contributed by atoms with E-state index in [1.807, 2.05) is 4.90 Å². The van der Waals surface area contributed by atoms with Crippen molar-refractivity contribution in [1.82, 2.24) is 15.1 Å². The Kier molecular flexibility index (Phi) is 4.50. The molecule has 1 N–H and O–H groups in total. The zero-order valence-corrected chi connectivity index (χ0v) is 14.1. The molecule has 24 heavy (non-hydrogen) atoms. The van der Waals surface area contributed by atoms with Crippen LogP contribution < -0.4 is 5.32 Å². The summed E-state index contributed by atoms with van der Waals surface area (Å²) in [5, 5.41) is 5.96. The topological polar surface area (TPSA) is 35.6 Å². The van der Waals surface area contributed by atoms with Crippen LogP contribution in [0, 0.1) is 0 Å². The Morgan fingerprint density at radius 1 is 1.04 bits per heavy atom. The monoisotopic (exact) mass is 323 g/mol. The molecule has 0 radical (unpaired) electrons. The molecule has 1 amide bonds. The van der Waals surface area contributed by atoms with Crippen LogP contribution in [0.1, 0.15) is 18.4 Å². The summed E-state index contributed by atoms with van der Waals surface area (Å²) in [7, 11) is 0. The van der Waals surface area contributed by atoms with Crippen molar-refractivity contribution in [2.24, 2.45) is 0 Å². The smallest absolute Gasteiger partial charge is 0.239 e. The van der Waals surface area contributed by atoms with Crippen molar-refractivity contribution in [3.63, 3.8) is 0 Å². The van der Waals surface area contributed by atoms with Gasteiger partial charge in [0.2, 0.25) is 5.91 Å². The van der Waals surface area contributed by atoms with E-state index >= 15 is 0 Å². The summed E-state index contributed by atoms with van der Waals surface area (Å²) in [6.45, 7) is 5.56. The Bertz CT molecular complexity index is 710. The van der Waals surface area contributed by atoms with Crippen molar-refractivity contribution in [3.8, 4) is 0 Å². The minimum absolute atomic E-state index is 0.0645. The molecule has 1 atom stereocenters. The maximum Gasteiger partial charge on any atom is 0.239 e. The molecule has 2 fully saturated rings. The summed E-state index contributed by atoms with van der Waals surface area (Å²) in [6.07, 6.45) is 2.12. The molecule has 2 aromatic carbocycles. The molecule has 4 rings (SSSR count). The number of nitrogens with zero attached hydrogens (tertiary/aromatic N) is 2. The van der Waals surface area contributed by atoms with Gasteiger partial charge in [0.15, 0.2) is 0 Å². The van der Waals surface area contributed by atoms with E-state index in [9.17, 15) is 4.79 Å². The summed E-state index contributed by atoms with van der Waals surface area (Å²) in [5.74, 6) is 0.303. The van der Waals surface area contributed by atoms with Crippen LogP contribution in [0.3, 0.4) is 0 Å². The number of benzene rings is 2.